The van der Waals surface area contributed by atoms with Crippen LogP contribution in [0.5, 0.6) is 0 Å². The molecule has 0 unspecified atom stereocenters. The third-order valence-corrected chi connectivity index (χ3v) is 3.75. The van der Waals surface area contributed by atoms with E-state index in [9.17, 15) is 4.79 Å². The Balaban J connectivity index is 1.77. The molecule has 0 radical (unpaired) electrons. The van der Waals surface area contributed by atoms with Gasteiger partial charge in [0.25, 0.3) is 0 Å². The zero-order valence-electron chi connectivity index (χ0n) is 12.5. The Kier molecular flexibility index (Phi) is 5.90. The Labute approximate surface area is 130 Å². The van der Waals surface area contributed by atoms with Crippen LogP contribution >= 0.6 is 11.6 Å². The maximum atomic E-state index is 11.1. The highest BCUT2D eigenvalue weighted by Gasteiger charge is 2.18. The molecule has 0 saturated carbocycles. The summed E-state index contributed by atoms with van der Waals surface area (Å²) < 4.78 is 4.66. The molecule has 116 valence electrons. The fraction of sp³-hybridized carbons (Fsp3) is 0.643. The summed E-state index contributed by atoms with van der Waals surface area (Å²) >= 11 is 5.95. The molecule has 0 aromatic carbocycles. The van der Waals surface area contributed by atoms with Crippen LogP contribution in [-0.2, 0) is 16.1 Å². The summed E-state index contributed by atoms with van der Waals surface area (Å²) in [6.45, 7) is 7.15. The molecule has 1 saturated heterocycles. The summed E-state index contributed by atoms with van der Waals surface area (Å²) in [4.78, 5) is 24.4. The standard InChI is InChI=1S/C14H21ClN4O2/c1-11-9-12(15)17-13(16-11)10-19-7-5-18(6-8-19)4-3-14(20)21-2/h9H,3-8,10H2,1-2H3. The number of hydrogen-bond acceptors (Lipinski definition) is 6. The maximum Gasteiger partial charge on any atom is 0.306 e. The number of piperazine rings is 1. The lowest BCUT2D eigenvalue weighted by Gasteiger charge is -2.34. The van der Waals surface area contributed by atoms with E-state index in [1.807, 2.05) is 6.92 Å². The molecule has 0 bridgehead atoms. The van der Waals surface area contributed by atoms with Gasteiger partial charge in [-0.05, 0) is 13.0 Å². The third kappa shape index (κ3) is 5.22. The van der Waals surface area contributed by atoms with Crippen LogP contribution in [0, 0.1) is 6.92 Å². The highest BCUT2D eigenvalue weighted by Crippen LogP contribution is 2.10. The number of hydrogen-bond donors (Lipinski definition) is 0. The van der Waals surface area contributed by atoms with Gasteiger partial charge in [-0.15, -0.1) is 0 Å². The van der Waals surface area contributed by atoms with Crippen LogP contribution in [0.15, 0.2) is 6.07 Å². The number of halogens is 1. The van der Waals surface area contributed by atoms with Crippen LogP contribution in [0.2, 0.25) is 5.15 Å². The zero-order valence-corrected chi connectivity index (χ0v) is 13.3. The third-order valence-electron chi connectivity index (χ3n) is 3.56. The van der Waals surface area contributed by atoms with Crippen LogP contribution in [0.1, 0.15) is 17.9 Å². The highest BCUT2D eigenvalue weighted by molar-refractivity contribution is 6.29. The average molecular weight is 313 g/mol. The smallest absolute Gasteiger partial charge is 0.306 e. The summed E-state index contributed by atoms with van der Waals surface area (Å²) in [5, 5.41) is 0.495. The SMILES string of the molecule is COC(=O)CCN1CCN(Cc2nc(C)cc(Cl)n2)CC1. The van der Waals surface area contributed by atoms with Crippen LogP contribution in [-0.4, -0.2) is 65.6 Å². The van der Waals surface area contributed by atoms with E-state index in [-0.39, 0.29) is 5.97 Å². The number of carbonyl (C=O) groups excluding carboxylic acids is 1. The number of esters is 1. The van der Waals surface area contributed by atoms with E-state index in [0.29, 0.717) is 18.1 Å². The lowest BCUT2D eigenvalue weighted by molar-refractivity contribution is -0.141. The predicted molar refractivity (Wildman–Crippen MR) is 80.1 cm³/mol. The molecule has 0 N–H and O–H groups in total. The van der Waals surface area contributed by atoms with Gasteiger partial charge in [0.1, 0.15) is 11.0 Å². The molecular formula is C14H21ClN4O2. The van der Waals surface area contributed by atoms with E-state index < -0.39 is 0 Å². The van der Waals surface area contributed by atoms with Gasteiger partial charge in [-0.3, -0.25) is 9.69 Å². The van der Waals surface area contributed by atoms with Gasteiger partial charge in [0.15, 0.2) is 0 Å². The number of rotatable bonds is 5. The van der Waals surface area contributed by atoms with Crippen molar-refractivity contribution in [2.75, 3.05) is 39.8 Å². The van der Waals surface area contributed by atoms with E-state index in [1.165, 1.54) is 7.11 Å². The fourth-order valence-corrected chi connectivity index (χ4v) is 2.64. The van der Waals surface area contributed by atoms with Crippen molar-refractivity contribution in [1.82, 2.24) is 19.8 Å². The van der Waals surface area contributed by atoms with Crippen molar-refractivity contribution in [1.29, 1.82) is 0 Å². The monoisotopic (exact) mass is 312 g/mol. The second kappa shape index (κ2) is 7.68. The Morgan fingerprint density at radius 2 is 1.95 bits per heavy atom. The Morgan fingerprint density at radius 1 is 1.29 bits per heavy atom. The summed E-state index contributed by atoms with van der Waals surface area (Å²) in [7, 11) is 1.42. The molecule has 2 rings (SSSR count). The topological polar surface area (TPSA) is 58.6 Å². The fourth-order valence-electron chi connectivity index (χ4n) is 2.38. The summed E-state index contributed by atoms with van der Waals surface area (Å²) in [6.07, 6.45) is 0.451. The average Bonchev–Trinajstić information content (AvgIpc) is 2.45. The summed E-state index contributed by atoms with van der Waals surface area (Å²) in [5.74, 6) is 0.614. The van der Waals surface area contributed by atoms with Crippen molar-refractivity contribution in [3.8, 4) is 0 Å². The molecule has 1 aromatic heterocycles. The molecule has 1 aliphatic heterocycles. The summed E-state index contributed by atoms with van der Waals surface area (Å²) in [5.41, 5.74) is 0.890. The minimum absolute atomic E-state index is 0.153. The van der Waals surface area contributed by atoms with Crippen molar-refractivity contribution in [3.63, 3.8) is 0 Å². The second-order valence-corrected chi connectivity index (χ2v) is 5.58. The lowest BCUT2D eigenvalue weighted by Crippen LogP contribution is -2.46. The minimum atomic E-state index is -0.153. The van der Waals surface area contributed by atoms with Gasteiger partial charge in [0.05, 0.1) is 20.1 Å². The molecule has 21 heavy (non-hydrogen) atoms. The molecule has 1 aliphatic rings. The molecule has 6 nitrogen and oxygen atoms in total. The number of aromatic nitrogens is 2. The molecular weight excluding hydrogens is 292 g/mol. The van der Waals surface area contributed by atoms with Gasteiger partial charge in [-0.25, -0.2) is 9.97 Å². The Morgan fingerprint density at radius 3 is 2.57 bits per heavy atom. The first kappa shape index (κ1) is 16.1. The van der Waals surface area contributed by atoms with Crippen molar-refractivity contribution >= 4 is 17.6 Å². The van der Waals surface area contributed by atoms with Crippen molar-refractivity contribution < 1.29 is 9.53 Å². The van der Waals surface area contributed by atoms with E-state index in [1.54, 1.807) is 6.07 Å². The first-order chi connectivity index (χ1) is 10.1. The van der Waals surface area contributed by atoms with Crippen molar-refractivity contribution in [3.05, 3.63) is 22.7 Å². The van der Waals surface area contributed by atoms with Crippen molar-refractivity contribution in [2.45, 2.75) is 19.9 Å². The van der Waals surface area contributed by atoms with Crippen LogP contribution in [0.3, 0.4) is 0 Å². The van der Waals surface area contributed by atoms with Crippen LogP contribution < -0.4 is 0 Å². The molecule has 0 atom stereocenters. The zero-order chi connectivity index (χ0) is 15.2. The number of nitrogens with zero attached hydrogens (tertiary/aromatic N) is 4. The van der Waals surface area contributed by atoms with Crippen molar-refractivity contribution in [2.24, 2.45) is 0 Å². The van der Waals surface area contributed by atoms with Gasteiger partial charge in [-0.2, -0.15) is 0 Å². The van der Waals surface area contributed by atoms with E-state index >= 15 is 0 Å². The summed E-state index contributed by atoms with van der Waals surface area (Å²) in [6, 6.07) is 1.76. The number of ether oxygens (including phenoxy) is 1. The van der Waals surface area contributed by atoms with Crippen LogP contribution in [0.4, 0.5) is 0 Å². The molecule has 7 heteroatoms. The predicted octanol–water partition coefficient (Wildman–Crippen LogP) is 1.12. The second-order valence-electron chi connectivity index (χ2n) is 5.19. The number of carbonyl (C=O) groups is 1. The first-order valence-electron chi connectivity index (χ1n) is 7.08. The minimum Gasteiger partial charge on any atom is -0.469 e. The van der Waals surface area contributed by atoms with Gasteiger partial charge >= 0.3 is 5.97 Å². The van der Waals surface area contributed by atoms with Gasteiger partial charge < -0.3 is 9.64 Å². The molecule has 1 aromatic rings. The highest BCUT2D eigenvalue weighted by atomic mass is 35.5. The van der Waals surface area contributed by atoms with E-state index in [0.717, 1.165) is 44.2 Å². The molecule has 0 aliphatic carbocycles. The van der Waals surface area contributed by atoms with E-state index in [4.69, 9.17) is 11.6 Å². The number of aryl methyl sites for hydroxylation is 1. The van der Waals surface area contributed by atoms with Gasteiger partial charge in [0.2, 0.25) is 0 Å². The Hall–Kier alpha value is -1.24. The number of methoxy groups -OCH3 is 1. The molecule has 1 fully saturated rings. The van der Waals surface area contributed by atoms with Crippen LogP contribution in [0.25, 0.3) is 0 Å². The normalized spacial score (nSPS) is 16.9. The first-order valence-corrected chi connectivity index (χ1v) is 7.46. The lowest BCUT2D eigenvalue weighted by atomic mass is 10.3. The van der Waals surface area contributed by atoms with Gasteiger partial charge in [0, 0.05) is 38.4 Å². The molecule has 2 heterocycles. The quantitative estimate of drug-likeness (QED) is 0.600. The largest absolute Gasteiger partial charge is 0.469 e. The Bertz CT molecular complexity index is 470. The molecule has 0 spiro atoms. The van der Waals surface area contributed by atoms with E-state index in [2.05, 4.69) is 24.5 Å². The maximum absolute atomic E-state index is 11.1. The van der Waals surface area contributed by atoms with Gasteiger partial charge in [-0.1, -0.05) is 11.6 Å². The molecule has 0 amide bonds.